The van der Waals surface area contributed by atoms with Gasteiger partial charge in [-0.15, -0.1) is 11.3 Å². The zero-order valence-corrected chi connectivity index (χ0v) is 15.3. The summed E-state index contributed by atoms with van der Waals surface area (Å²) in [6.45, 7) is 3.30. The summed E-state index contributed by atoms with van der Waals surface area (Å²) in [6, 6.07) is 13.2. The first-order valence-electron chi connectivity index (χ1n) is 8.41. The molecular formula is C19H20N4O2S. The van der Waals surface area contributed by atoms with Crippen molar-refractivity contribution in [2.75, 3.05) is 24.5 Å². The Morgan fingerprint density at radius 1 is 1.35 bits per heavy atom. The highest BCUT2D eigenvalue weighted by Gasteiger charge is 2.32. The molecule has 1 aromatic heterocycles. The molecule has 1 atom stereocenters. The van der Waals surface area contributed by atoms with Crippen molar-refractivity contribution in [1.29, 1.82) is 5.26 Å². The molecule has 1 fully saturated rings. The molecule has 0 spiro atoms. The molecule has 0 aliphatic carbocycles. The van der Waals surface area contributed by atoms with Gasteiger partial charge in [0.1, 0.15) is 6.07 Å². The van der Waals surface area contributed by atoms with E-state index >= 15 is 0 Å². The van der Waals surface area contributed by atoms with Crippen molar-refractivity contribution >= 4 is 28.8 Å². The quantitative estimate of drug-likeness (QED) is 0.875. The van der Waals surface area contributed by atoms with Crippen LogP contribution in [-0.4, -0.2) is 42.4 Å². The zero-order valence-electron chi connectivity index (χ0n) is 14.5. The number of anilines is 1. The minimum atomic E-state index is -0.100. The van der Waals surface area contributed by atoms with E-state index in [2.05, 4.69) is 11.4 Å². The van der Waals surface area contributed by atoms with E-state index in [0.29, 0.717) is 24.3 Å². The van der Waals surface area contributed by atoms with Gasteiger partial charge >= 0.3 is 0 Å². The maximum Gasteiger partial charge on any atom is 0.241 e. The maximum absolute atomic E-state index is 12.6. The Balaban J connectivity index is 1.60. The van der Waals surface area contributed by atoms with Gasteiger partial charge in [-0.25, -0.2) is 0 Å². The molecule has 6 nitrogen and oxygen atoms in total. The summed E-state index contributed by atoms with van der Waals surface area (Å²) in [6.07, 6.45) is 0. The molecule has 2 aromatic rings. The van der Waals surface area contributed by atoms with Gasteiger partial charge in [0, 0.05) is 17.5 Å². The van der Waals surface area contributed by atoms with Gasteiger partial charge in [-0.2, -0.15) is 5.26 Å². The molecule has 2 amide bonds. The number of benzene rings is 1. The topological polar surface area (TPSA) is 76.4 Å². The molecular weight excluding hydrogens is 348 g/mol. The Bertz CT molecular complexity index is 828. The highest BCUT2D eigenvalue weighted by atomic mass is 32.1. The van der Waals surface area contributed by atoms with Gasteiger partial charge in [0.25, 0.3) is 0 Å². The van der Waals surface area contributed by atoms with Gasteiger partial charge in [-0.1, -0.05) is 18.2 Å². The van der Waals surface area contributed by atoms with E-state index in [1.54, 1.807) is 34.4 Å². The number of thiophene rings is 1. The summed E-state index contributed by atoms with van der Waals surface area (Å²) in [5, 5.41) is 14.1. The lowest BCUT2D eigenvalue weighted by Gasteiger charge is -2.39. The van der Waals surface area contributed by atoms with E-state index in [1.165, 1.54) is 0 Å². The predicted octanol–water partition coefficient (Wildman–Crippen LogP) is 1.97. The molecule has 0 bridgehead atoms. The number of piperazine rings is 1. The van der Waals surface area contributed by atoms with Gasteiger partial charge in [0.15, 0.2) is 0 Å². The fourth-order valence-corrected chi connectivity index (χ4v) is 3.63. The van der Waals surface area contributed by atoms with E-state index in [-0.39, 0.29) is 30.9 Å². The molecule has 1 saturated heterocycles. The third kappa shape index (κ3) is 4.10. The van der Waals surface area contributed by atoms with Crippen molar-refractivity contribution in [2.45, 2.75) is 19.5 Å². The molecule has 1 unspecified atom stereocenters. The number of hydrogen-bond donors (Lipinski definition) is 1. The highest BCUT2D eigenvalue weighted by molar-refractivity contribution is 7.09. The number of hydrogen-bond acceptors (Lipinski definition) is 5. The van der Waals surface area contributed by atoms with Crippen molar-refractivity contribution in [3.05, 3.63) is 52.2 Å². The fraction of sp³-hybridized carbons (Fsp3) is 0.316. The number of rotatable bonds is 5. The van der Waals surface area contributed by atoms with Crippen molar-refractivity contribution < 1.29 is 9.59 Å². The minimum Gasteiger partial charge on any atom is -0.350 e. The van der Waals surface area contributed by atoms with Crippen LogP contribution in [0.15, 0.2) is 41.8 Å². The molecule has 134 valence electrons. The lowest BCUT2D eigenvalue weighted by atomic mass is 10.1. The number of carbonyl (C=O) groups is 2. The van der Waals surface area contributed by atoms with Crippen LogP contribution in [0.3, 0.4) is 0 Å². The van der Waals surface area contributed by atoms with Crippen LogP contribution in [0.4, 0.5) is 5.69 Å². The summed E-state index contributed by atoms with van der Waals surface area (Å²) >= 11 is 1.60. The van der Waals surface area contributed by atoms with Crippen molar-refractivity contribution in [1.82, 2.24) is 10.2 Å². The van der Waals surface area contributed by atoms with Crippen LogP contribution >= 0.6 is 11.3 Å². The highest BCUT2D eigenvalue weighted by Crippen LogP contribution is 2.23. The average molecular weight is 368 g/mol. The molecule has 1 aromatic carbocycles. The largest absolute Gasteiger partial charge is 0.350 e. The summed E-state index contributed by atoms with van der Waals surface area (Å²) in [5.74, 6) is -0.194. The molecule has 2 heterocycles. The normalized spacial score (nSPS) is 17.8. The Kier molecular flexibility index (Phi) is 5.66. The van der Waals surface area contributed by atoms with E-state index in [0.717, 1.165) is 4.88 Å². The van der Waals surface area contributed by atoms with Crippen LogP contribution in [0.2, 0.25) is 0 Å². The summed E-state index contributed by atoms with van der Waals surface area (Å²) in [7, 11) is 0. The molecule has 1 aliphatic rings. The number of nitriles is 1. The second kappa shape index (κ2) is 8.13. The smallest absolute Gasteiger partial charge is 0.241 e. The molecule has 7 heteroatoms. The van der Waals surface area contributed by atoms with Gasteiger partial charge in [0.2, 0.25) is 11.8 Å². The molecule has 1 N–H and O–H groups in total. The third-order valence-corrected chi connectivity index (χ3v) is 5.29. The molecule has 1 aliphatic heterocycles. The Morgan fingerprint density at radius 2 is 2.15 bits per heavy atom. The lowest BCUT2D eigenvalue weighted by molar-refractivity contribution is -0.126. The van der Waals surface area contributed by atoms with E-state index < -0.39 is 0 Å². The van der Waals surface area contributed by atoms with Crippen LogP contribution in [0, 0.1) is 11.3 Å². The van der Waals surface area contributed by atoms with Gasteiger partial charge in [0.05, 0.1) is 30.9 Å². The number of nitrogens with one attached hydrogen (secondary N) is 1. The number of carbonyl (C=O) groups excluding carboxylic acids is 2. The van der Waals surface area contributed by atoms with Crippen molar-refractivity contribution in [3.8, 4) is 6.07 Å². The number of para-hydroxylation sites is 1. The van der Waals surface area contributed by atoms with Crippen molar-refractivity contribution in [2.24, 2.45) is 0 Å². The second-order valence-corrected chi connectivity index (χ2v) is 7.28. The van der Waals surface area contributed by atoms with Gasteiger partial charge < -0.3 is 10.2 Å². The van der Waals surface area contributed by atoms with Crippen LogP contribution in [0.1, 0.15) is 17.4 Å². The van der Waals surface area contributed by atoms with Crippen molar-refractivity contribution in [3.63, 3.8) is 0 Å². The summed E-state index contributed by atoms with van der Waals surface area (Å²) in [4.78, 5) is 29.4. The molecule has 0 saturated carbocycles. The maximum atomic E-state index is 12.6. The summed E-state index contributed by atoms with van der Waals surface area (Å²) < 4.78 is 0. The van der Waals surface area contributed by atoms with E-state index in [9.17, 15) is 14.9 Å². The monoisotopic (exact) mass is 368 g/mol. The molecule has 3 rings (SSSR count). The van der Waals surface area contributed by atoms with Crippen LogP contribution < -0.4 is 10.2 Å². The Morgan fingerprint density at radius 3 is 2.88 bits per heavy atom. The lowest BCUT2D eigenvalue weighted by Crippen LogP contribution is -2.57. The van der Waals surface area contributed by atoms with Crippen LogP contribution in [0.5, 0.6) is 0 Å². The zero-order chi connectivity index (χ0) is 18.5. The first-order chi connectivity index (χ1) is 12.6. The average Bonchev–Trinajstić information content (AvgIpc) is 3.16. The SMILES string of the molecule is CC1CN(c2ccccc2C#N)C(=O)CN1CC(=O)NCc1cccs1. The first-order valence-corrected chi connectivity index (χ1v) is 9.29. The Labute approximate surface area is 156 Å². The number of nitrogens with zero attached hydrogens (tertiary/aromatic N) is 3. The van der Waals surface area contributed by atoms with Gasteiger partial charge in [-0.3, -0.25) is 14.5 Å². The predicted molar refractivity (Wildman–Crippen MR) is 101 cm³/mol. The standard InChI is InChI=1S/C19H20N4O2S/c1-14-11-23(17-7-3-2-5-15(17)9-20)19(25)13-22(14)12-18(24)21-10-16-6-4-8-26-16/h2-8,14H,10-13H2,1H3,(H,21,24). The molecule has 26 heavy (non-hydrogen) atoms. The van der Waals surface area contributed by atoms with E-state index in [1.807, 2.05) is 35.4 Å². The first kappa shape index (κ1) is 18.1. The fourth-order valence-electron chi connectivity index (χ4n) is 2.98. The minimum absolute atomic E-state index is 0.0203. The second-order valence-electron chi connectivity index (χ2n) is 6.24. The van der Waals surface area contributed by atoms with Gasteiger partial charge in [-0.05, 0) is 30.5 Å². The number of amides is 2. The molecule has 0 radical (unpaired) electrons. The van der Waals surface area contributed by atoms with Crippen LogP contribution in [0.25, 0.3) is 0 Å². The summed E-state index contributed by atoms with van der Waals surface area (Å²) in [5.41, 5.74) is 1.11. The van der Waals surface area contributed by atoms with Crippen LogP contribution in [-0.2, 0) is 16.1 Å². The Hall–Kier alpha value is -2.69. The third-order valence-electron chi connectivity index (χ3n) is 4.41. The van der Waals surface area contributed by atoms with E-state index in [4.69, 9.17) is 0 Å².